The van der Waals surface area contributed by atoms with E-state index in [0.717, 1.165) is 5.56 Å². The van der Waals surface area contributed by atoms with Crippen LogP contribution < -0.4 is 5.32 Å². The Morgan fingerprint density at radius 2 is 1.68 bits per heavy atom. The predicted molar refractivity (Wildman–Crippen MR) is 86.0 cm³/mol. The van der Waals surface area contributed by atoms with Gasteiger partial charge in [0.05, 0.1) is 12.3 Å². The van der Waals surface area contributed by atoms with Crippen molar-refractivity contribution in [2.45, 2.75) is 12.8 Å². The number of hydrogen-bond acceptors (Lipinski definition) is 2. The lowest BCUT2D eigenvalue weighted by Gasteiger charge is -2.15. The summed E-state index contributed by atoms with van der Waals surface area (Å²) in [5, 5.41) is 12.4. The zero-order valence-corrected chi connectivity index (χ0v) is 12.6. The van der Waals surface area contributed by atoms with E-state index in [0.29, 0.717) is 17.1 Å². The number of amides is 1. The number of hydrogen-bond donors (Lipinski definition) is 2. The topological polar surface area (TPSA) is 66.4 Å². The van der Waals surface area contributed by atoms with Gasteiger partial charge < -0.3 is 10.4 Å². The summed E-state index contributed by atoms with van der Waals surface area (Å²) in [5.74, 6) is -1.94. The van der Waals surface area contributed by atoms with Crippen LogP contribution in [0.5, 0.6) is 0 Å². The van der Waals surface area contributed by atoms with E-state index in [-0.39, 0.29) is 12.3 Å². The zero-order chi connectivity index (χ0) is 15.9. The van der Waals surface area contributed by atoms with Crippen molar-refractivity contribution in [3.8, 4) is 0 Å². The van der Waals surface area contributed by atoms with Gasteiger partial charge in [-0.1, -0.05) is 41.9 Å². The second kappa shape index (κ2) is 7.61. The highest BCUT2D eigenvalue weighted by Crippen LogP contribution is 2.18. The summed E-state index contributed by atoms with van der Waals surface area (Å²) in [5.41, 5.74) is 1.53. The number of carbonyl (C=O) groups is 2. The van der Waals surface area contributed by atoms with Crippen LogP contribution in [-0.4, -0.2) is 17.0 Å². The van der Waals surface area contributed by atoms with Crippen molar-refractivity contribution in [1.82, 2.24) is 0 Å². The molecule has 0 saturated carbocycles. The molecule has 0 fully saturated rings. The fourth-order valence-corrected chi connectivity index (χ4v) is 2.27. The standard InChI is InChI=1S/C17H16ClNO3/c18-14-8-6-12(7-9-14)10-13(11-16(20)21)17(22)19-15-4-2-1-3-5-15/h1-9,13H,10-11H2,(H,19,22)(H,20,21)/t13-/m1/s1. The van der Waals surface area contributed by atoms with Crippen LogP contribution in [0.15, 0.2) is 54.6 Å². The summed E-state index contributed by atoms with van der Waals surface area (Å²) < 4.78 is 0. The van der Waals surface area contributed by atoms with E-state index >= 15 is 0 Å². The van der Waals surface area contributed by atoms with Crippen LogP contribution in [0, 0.1) is 5.92 Å². The first kappa shape index (κ1) is 16.0. The van der Waals surface area contributed by atoms with Gasteiger partial charge in [0.2, 0.25) is 5.91 Å². The zero-order valence-electron chi connectivity index (χ0n) is 11.8. The Morgan fingerprint density at radius 1 is 1.05 bits per heavy atom. The lowest BCUT2D eigenvalue weighted by Crippen LogP contribution is -2.27. The van der Waals surface area contributed by atoms with Crippen LogP contribution in [0.25, 0.3) is 0 Å². The Balaban J connectivity index is 2.09. The van der Waals surface area contributed by atoms with E-state index in [2.05, 4.69) is 5.32 Å². The Hall–Kier alpha value is -2.33. The molecule has 2 aromatic rings. The van der Waals surface area contributed by atoms with Gasteiger partial charge in [0, 0.05) is 10.7 Å². The predicted octanol–water partition coefficient (Wildman–Crippen LogP) is 3.61. The quantitative estimate of drug-likeness (QED) is 0.855. The van der Waals surface area contributed by atoms with Gasteiger partial charge in [0.25, 0.3) is 0 Å². The van der Waals surface area contributed by atoms with E-state index in [4.69, 9.17) is 16.7 Å². The highest BCUT2D eigenvalue weighted by Gasteiger charge is 2.22. The molecule has 114 valence electrons. The van der Waals surface area contributed by atoms with Gasteiger partial charge in [-0.2, -0.15) is 0 Å². The summed E-state index contributed by atoms with van der Waals surface area (Å²) in [6.45, 7) is 0. The van der Waals surface area contributed by atoms with Gasteiger partial charge >= 0.3 is 5.97 Å². The molecule has 0 saturated heterocycles. The van der Waals surface area contributed by atoms with E-state index in [9.17, 15) is 9.59 Å². The molecule has 0 unspecified atom stereocenters. The number of nitrogens with one attached hydrogen (secondary N) is 1. The molecule has 0 bridgehead atoms. The van der Waals surface area contributed by atoms with Crippen molar-refractivity contribution in [2.24, 2.45) is 5.92 Å². The average Bonchev–Trinajstić information content (AvgIpc) is 2.49. The number of carbonyl (C=O) groups excluding carboxylic acids is 1. The number of anilines is 1. The first-order chi connectivity index (χ1) is 10.5. The van der Waals surface area contributed by atoms with Gasteiger partial charge in [0.15, 0.2) is 0 Å². The number of aliphatic carboxylic acids is 1. The molecule has 0 aromatic heterocycles. The maximum Gasteiger partial charge on any atom is 0.304 e. The summed E-state index contributed by atoms with van der Waals surface area (Å²) in [6, 6.07) is 16.0. The van der Waals surface area contributed by atoms with Gasteiger partial charge in [-0.05, 0) is 36.2 Å². The highest BCUT2D eigenvalue weighted by atomic mass is 35.5. The molecule has 0 aliphatic heterocycles. The second-order valence-electron chi connectivity index (χ2n) is 4.98. The van der Waals surface area contributed by atoms with Crippen LogP contribution in [0.2, 0.25) is 5.02 Å². The Bertz CT molecular complexity index is 641. The fraction of sp³-hybridized carbons (Fsp3) is 0.176. The molecule has 22 heavy (non-hydrogen) atoms. The van der Waals surface area contributed by atoms with Crippen molar-refractivity contribution in [2.75, 3.05) is 5.32 Å². The molecular formula is C17H16ClNO3. The molecule has 0 heterocycles. The molecule has 2 N–H and O–H groups in total. The maximum atomic E-state index is 12.3. The second-order valence-corrected chi connectivity index (χ2v) is 5.42. The molecule has 0 spiro atoms. The number of carboxylic acids is 1. The summed E-state index contributed by atoms with van der Waals surface area (Å²) in [4.78, 5) is 23.3. The van der Waals surface area contributed by atoms with Gasteiger partial charge in [-0.15, -0.1) is 0 Å². The number of halogens is 1. The third kappa shape index (κ3) is 4.90. The van der Waals surface area contributed by atoms with Crippen LogP contribution in [-0.2, 0) is 16.0 Å². The first-order valence-electron chi connectivity index (χ1n) is 6.87. The lowest BCUT2D eigenvalue weighted by molar-refractivity contribution is -0.140. The van der Waals surface area contributed by atoms with Crippen LogP contribution in [0.1, 0.15) is 12.0 Å². The van der Waals surface area contributed by atoms with E-state index in [1.54, 1.807) is 48.5 Å². The molecule has 2 rings (SSSR count). The van der Waals surface area contributed by atoms with E-state index in [1.807, 2.05) is 6.07 Å². The number of benzene rings is 2. The van der Waals surface area contributed by atoms with Crippen molar-refractivity contribution < 1.29 is 14.7 Å². The maximum absolute atomic E-state index is 12.3. The molecule has 2 aromatic carbocycles. The third-order valence-corrected chi connectivity index (χ3v) is 3.48. The smallest absolute Gasteiger partial charge is 0.304 e. The third-order valence-electron chi connectivity index (χ3n) is 3.23. The van der Waals surface area contributed by atoms with Crippen LogP contribution >= 0.6 is 11.6 Å². The Morgan fingerprint density at radius 3 is 2.27 bits per heavy atom. The van der Waals surface area contributed by atoms with Gasteiger partial charge in [0.1, 0.15) is 0 Å². The minimum absolute atomic E-state index is 0.221. The first-order valence-corrected chi connectivity index (χ1v) is 7.24. The molecule has 0 aliphatic rings. The van der Waals surface area contributed by atoms with Crippen LogP contribution in [0.4, 0.5) is 5.69 Å². The van der Waals surface area contributed by atoms with Gasteiger partial charge in [-0.3, -0.25) is 9.59 Å². The lowest BCUT2D eigenvalue weighted by atomic mass is 9.95. The number of para-hydroxylation sites is 1. The van der Waals surface area contributed by atoms with Crippen molar-refractivity contribution >= 4 is 29.2 Å². The Kier molecular flexibility index (Phi) is 5.55. The van der Waals surface area contributed by atoms with E-state index in [1.165, 1.54) is 0 Å². The molecular weight excluding hydrogens is 302 g/mol. The normalized spacial score (nSPS) is 11.7. The number of carboxylic acid groups (broad SMARTS) is 1. The summed E-state index contributed by atoms with van der Waals surface area (Å²) in [7, 11) is 0. The average molecular weight is 318 g/mol. The van der Waals surface area contributed by atoms with Crippen molar-refractivity contribution in [1.29, 1.82) is 0 Å². The number of rotatable bonds is 6. The minimum atomic E-state index is -0.998. The monoisotopic (exact) mass is 317 g/mol. The molecule has 5 heteroatoms. The molecule has 0 radical (unpaired) electrons. The SMILES string of the molecule is O=C(O)C[C@@H](Cc1ccc(Cl)cc1)C(=O)Nc1ccccc1. The molecule has 1 amide bonds. The largest absolute Gasteiger partial charge is 0.481 e. The summed E-state index contributed by atoms with van der Waals surface area (Å²) >= 11 is 5.83. The Labute approximate surface area is 133 Å². The molecule has 4 nitrogen and oxygen atoms in total. The van der Waals surface area contributed by atoms with Crippen LogP contribution in [0.3, 0.4) is 0 Å². The molecule has 1 atom stereocenters. The van der Waals surface area contributed by atoms with Crippen molar-refractivity contribution in [3.05, 3.63) is 65.2 Å². The minimum Gasteiger partial charge on any atom is -0.481 e. The summed E-state index contributed by atoms with van der Waals surface area (Å²) in [6.07, 6.45) is 0.128. The highest BCUT2D eigenvalue weighted by molar-refractivity contribution is 6.30. The fourth-order valence-electron chi connectivity index (χ4n) is 2.14. The van der Waals surface area contributed by atoms with Crippen molar-refractivity contribution in [3.63, 3.8) is 0 Å². The van der Waals surface area contributed by atoms with E-state index < -0.39 is 11.9 Å². The molecule has 0 aliphatic carbocycles. The van der Waals surface area contributed by atoms with Gasteiger partial charge in [-0.25, -0.2) is 0 Å².